The number of thiophene rings is 1. The molecular weight excluding hydrogens is 400 g/mol. The minimum Gasteiger partial charge on any atom is -0.460 e. The quantitative estimate of drug-likeness (QED) is 0.542. The number of esters is 1. The van der Waals surface area contributed by atoms with E-state index >= 15 is 0 Å². The van der Waals surface area contributed by atoms with Crippen LogP contribution in [0.1, 0.15) is 48.7 Å². The zero-order valence-electron chi connectivity index (χ0n) is 16.2. The Bertz CT molecular complexity index is 885. The highest BCUT2D eigenvalue weighted by Gasteiger charge is 2.25. The molecule has 1 aromatic heterocycles. The molecule has 0 bridgehead atoms. The Balaban J connectivity index is 2.12. The smallest absolute Gasteiger partial charge is 0.308 e. The van der Waals surface area contributed by atoms with Gasteiger partial charge in [-0.3, -0.25) is 14.4 Å². The van der Waals surface area contributed by atoms with Crippen molar-refractivity contribution in [2.45, 2.75) is 45.8 Å². The highest BCUT2D eigenvalue weighted by Crippen LogP contribution is 2.30. The van der Waals surface area contributed by atoms with Crippen molar-refractivity contribution in [3.63, 3.8) is 0 Å². The number of aryl methyl sites for hydroxylation is 1. The topological polar surface area (TPSA) is 98.5 Å². The SMILES string of the molecule is Cc1csc(NC(=O)[C@@H](N)CC(=O)OC(C)(C)C)c1C(=O)c1ccc(Cl)cc1. The maximum atomic E-state index is 12.9. The molecule has 0 saturated carbocycles. The van der Waals surface area contributed by atoms with E-state index < -0.39 is 23.5 Å². The molecule has 8 heteroatoms. The molecular formula is C20H23ClN2O4S. The molecule has 6 nitrogen and oxygen atoms in total. The first-order valence-corrected chi connectivity index (χ1v) is 9.90. The maximum Gasteiger partial charge on any atom is 0.308 e. The van der Waals surface area contributed by atoms with Crippen LogP contribution < -0.4 is 11.1 Å². The van der Waals surface area contributed by atoms with Crippen LogP contribution in [0, 0.1) is 6.92 Å². The third-order valence-electron chi connectivity index (χ3n) is 3.69. The summed E-state index contributed by atoms with van der Waals surface area (Å²) in [5, 5.41) is 5.36. The predicted molar refractivity (Wildman–Crippen MR) is 111 cm³/mol. The number of hydrogen-bond acceptors (Lipinski definition) is 6. The Morgan fingerprint density at radius 2 is 1.82 bits per heavy atom. The summed E-state index contributed by atoms with van der Waals surface area (Å²) in [5.74, 6) is -1.35. The average Bonchev–Trinajstić information content (AvgIpc) is 2.93. The zero-order valence-corrected chi connectivity index (χ0v) is 17.7. The lowest BCUT2D eigenvalue weighted by Crippen LogP contribution is -2.39. The van der Waals surface area contributed by atoms with E-state index in [9.17, 15) is 14.4 Å². The first-order chi connectivity index (χ1) is 13.0. The number of benzene rings is 1. The Morgan fingerprint density at radius 3 is 2.39 bits per heavy atom. The van der Waals surface area contributed by atoms with Crippen LogP contribution in [-0.4, -0.2) is 29.3 Å². The Kier molecular flexibility index (Phi) is 6.98. The third kappa shape index (κ3) is 5.89. The molecule has 0 spiro atoms. The number of nitrogens with one attached hydrogen (secondary N) is 1. The number of ether oxygens (including phenoxy) is 1. The average molecular weight is 423 g/mol. The summed E-state index contributed by atoms with van der Waals surface area (Å²) in [6.07, 6.45) is -0.256. The molecule has 2 aromatic rings. The molecule has 0 aliphatic rings. The van der Waals surface area contributed by atoms with Crippen molar-refractivity contribution in [1.29, 1.82) is 0 Å². The highest BCUT2D eigenvalue weighted by atomic mass is 35.5. The second-order valence-electron chi connectivity index (χ2n) is 7.35. The van der Waals surface area contributed by atoms with Gasteiger partial charge in [0.1, 0.15) is 10.6 Å². The molecule has 3 N–H and O–H groups in total. The molecule has 0 saturated heterocycles. The molecule has 1 atom stereocenters. The van der Waals surface area contributed by atoms with Gasteiger partial charge in [-0.1, -0.05) is 11.6 Å². The zero-order chi connectivity index (χ0) is 21.1. The summed E-state index contributed by atoms with van der Waals surface area (Å²) in [6, 6.07) is 5.43. The number of hydrogen-bond donors (Lipinski definition) is 2. The molecule has 1 amide bonds. The summed E-state index contributed by atoms with van der Waals surface area (Å²) in [4.78, 5) is 37.1. The molecule has 150 valence electrons. The number of amides is 1. The molecule has 0 aliphatic carbocycles. The normalized spacial score (nSPS) is 12.4. The standard InChI is InChI=1S/C20H23ClN2O4S/c1-11-10-28-19(16(11)17(25)12-5-7-13(21)8-6-12)23-18(26)14(22)9-15(24)27-20(2,3)4/h5-8,10,14H,9,22H2,1-4H3,(H,23,26)/t14-/m0/s1. The molecule has 0 fully saturated rings. The fourth-order valence-corrected chi connectivity index (χ4v) is 3.49. The van der Waals surface area contributed by atoms with Crippen molar-refractivity contribution >= 4 is 45.6 Å². The van der Waals surface area contributed by atoms with E-state index in [0.717, 1.165) is 5.56 Å². The summed E-state index contributed by atoms with van der Waals surface area (Å²) < 4.78 is 5.18. The molecule has 2 rings (SSSR count). The Labute approximate surface area is 173 Å². The largest absolute Gasteiger partial charge is 0.460 e. The van der Waals surface area contributed by atoms with Crippen LogP contribution in [0.5, 0.6) is 0 Å². The number of halogens is 1. The van der Waals surface area contributed by atoms with E-state index in [1.165, 1.54) is 11.3 Å². The fraction of sp³-hybridized carbons (Fsp3) is 0.350. The number of carbonyl (C=O) groups excluding carboxylic acids is 3. The Morgan fingerprint density at radius 1 is 1.21 bits per heavy atom. The molecule has 1 aromatic carbocycles. The number of ketones is 1. The predicted octanol–water partition coefficient (Wildman–Crippen LogP) is 3.94. The van der Waals surface area contributed by atoms with Crippen molar-refractivity contribution in [1.82, 2.24) is 0 Å². The van der Waals surface area contributed by atoms with E-state index in [2.05, 4.69) is 5.32 Å². The van der Waals surface area contributed by atoms with Gasteiger partial charge in [0, 0.05) is 10.6 Å². The second kappa shape index (κ2) is 8.86. The second-order valence-corrected chi connectivity index (χ2v) is 8.66. The van der Waals surface area contributed by atoms with E-state index in [4.69, 9.17) is 22.1 Å². The number of anilines is 1. The van der Waals surface area contributed by atoms with Crippen LogP contribution in [0.4, 0.5) is 5.00 Å². The molecule has 0 radical (unpaired) electrons. The molecule has 0 aliphatic heterocycles. The molecule has 28 heavy (non-hydrogen) atoms. The van der Waals surface area contributed by atoms with Gasteiger partial charge in [-0.15, -0.1) is 11.3 Å². The lowest BCUT2D eigenvalue weighted by atomic mass is 10.0. The van der Waals surface area contributed by atoms with Gasteiger partial charge in [0.05, 0.1) is 18.0 Å². The lowest BCUT2D eigenvalue weighted by molar-refractivity contribution is -0.155. The first-order valence-electron chi connectivity index (χ1n) is 8.64. The van der Waals surface area contributed by atoms with Crippen LogP contribution in [-0.2, 0) is 14.3 Å². The highest BCUT2D eigenvalue weighted by molar-refractivity contribution is 7.15. The van der Waals surface area contributed by atoms with Crippen molar-refractivity contribution in [2.24, 2.45) is 5.73 Å². The summed E-state index contributed by atoms with van der Waals surface area (Å²) in [5.41, 5.74) is 6.77. The third-order valence-corrected chi connectivity index (χ3v) is 4.95. The van der Waals surface area contributed by atoms with Gasteiger partial charge >= 0.3 is 5.97 Å². The Hall–Kier alpha value is -2.22. The maximum absolute atomic E-state index is 12.9. The van der Waals surface area contributed by atoms with E-state index in [-0.39, 0.29) is 12.2 Å². The summed E-state index contributed by atoms with van der Waals surface area (Å²) in [7, 11) is 0. The van der Waals surface area contributed by atoms with Gasteiger partial charge in [-0.2, -0.15) is 0 Å². The van der Waals surface area contributed by atoms with Gasteiger partial charge < -0.3 is 15.8 Å². The monoisotopic (exact) mass is 422 g/mol. The van der Waals surface area contributed by atoms with Gasteiger partial charge in [-0.25, -0.2) is 0 Å². The van der Waals surface area contributed by atoms with Crippen LogP contribution in [0.25, 0.3) is 0 Å². The summed E-state index contributed by atoms with van der Waals surface area (Å²) in [6.45, 7) is 6.99. The summed E-state index contributed by atoms with van der Waals surface area (Å²) >= 11 is 7.10. The number of carbonyl (C=O) groups is 3. The number of nitrogens with two attached hydrogens (primary N) is 1. The van der Waals surface area contributed by atoms with Crippen molar-refractivity contribution in [3.8, 4) is 0 Å². The fourth-order valence-electron chi connectivity index (χ4n) is 2.42. The van der Waals surface area contributed by atoms with E-state index in [1.54, 1.807) is 57.3 Å². The van der Waals surface area contributed by atoms with Crippen molar-refractivity contribution in [3.05, 3.63) is 51.4 Å². The van der Waals surface area contributed by atoms with Crippen molar-refractivity contribution in [2.75, 3.05) is 5.32 Å². The molecule has 0 unspecified atom stereocenters. The minimum absolute atomic E-state index is 0.230. The van der Waals surface area contributed by atoms with Crippen molar-refractivity contribution < 1.29 is 19.1 Å². The lowest BCUT2D eigenvalue weighted by Gasteiger charge is -2.20. The van der Waals surface area contributed by atoms with E-state index in [1.807, 2.05) is 0 Å². The van der Waals surface area contributed by atoms with Crippen LogP contribution in [0.3, 0.4) is 0 Å². The van der Waals surface area contributed by atoms with Crippen LogP contribution in [0.2, 0.25) is 5.02 Å². The van der Waals surface area contributed by atoms with E-state index in [0.29, 0.717) is 21.2 Å². The van der Waals surface area contributed by atoms with Gasteiger partial charge in [0.2, 0.25) is 5.91 Å². The van der Waals surface area contributed by atoms with Gasteiger partial charge in [0.15, 0.2) is 5.78 Å². The van der Waals surface area contributed by atoms with Crippen LogP contribution >= 0.6 is 22.9 Å². The first kappa shape index (κ1) is 22.1. The van der Waals surface area contributed by atoms with Crippen LogP contribution in [0.15, 0.2) is 29.6 Å². The van der Waals surface area contributed by atoms with Gasteiger partial charge in [-0.05, 0) is 62.9 Å². The van der Waals surface area contributed by atoms with Gasteiger partial charge in [0.25, 0.3) is 0 Å². The number of rotatable bonds is 6. The minimum atomic E-state index is -1.09. The molecule has 1 heterocycles.